The Hall–Kier alpha value is -1.86. The fourth-order valence-electron chi connectivity index (χ4n) is 3.72. The van der Waals surface area contributed by atoms with E-state index in [1.54, 1.807) is 35.2 Å². The lowest BCUT2D eigenvalue weighted by molar-refractivity contribution is -0.145. The molecule has 2 aromatic carbocycles. The number of piperidine rings is 1. The highest BCUT2D eigenvalue weighted by Gasteiger charge is 2.40. The molecule has 1 N–H and O–H groups in total. The van der Waals surface area contributed by atoms with E-state index in [1.807, 2.05) is 0 Å². The third-order valence-corrected chi connectivity index (χ3v) is 5.44. The molecule has 3 rings (SSSR count). The van der Waals surface area contributed by atoms with Gasteiger partial charge in [0, 0.05) is 4.47 Å². The summed E-state index contributed by atoms with van der Waals surface area (Å²) in [5, 5.41) is 9.65. The second kappa shape index (κ2) is 8.02. The van der Waals surface area contributed by atoms with E-state index in [2.05, 4.69) is 15.9 Å². The molecular formula is C20H19BrF3NO2. The molecule has 1 aliphatic rings. The Labute approximate surface area is 163 Å². The lowest BCUT2D eigenvalue weighted by Crippen LogP contribution is -2.47. The van der Waals surface area contributed by atoms with Crippen molar-refractivity contribution >= 4 is 21.9 Å². The second-order valence-electron chi connectivity index (χ2n) is 6.63. The maximum absolute atomic E-state index is 13.7. The van der Waals surface area contributed by atoms with Gasteiger partial charge in [0.15, 0.2) is 0 Å². The minimum absolute atomic E-state index is 0.0838. The van der Waals surface area contributed by atoms with Crippen molar-refractivity contribution in [3.8, 4) is 0 Å². The van der Waals surface area contributed by atoms with E-state index in [0.717, 1.165) is 23.4 Å². The average molecular weight is 442 g/mol. The fourth-order valence-corrected chi connectivity index (χ4v) is 3.98. The zero-order valence-electron chi connectivity index (χ0n) is 14.4. The molecule has 0 amide bonds. The molecule has 1 fully saturated rings. The van der Waals surface area contributed by atoms with Crippen molar-refractivity contribution in [2.75, 3.05) is 6.54 Å². The van der Waals surface area contributed by atoms with Crippen molar-refractivity contribution in [2.24, 2.45) is 0 Å². The number of carbonyl (C=O) groups is 1. The molecule has 0 bridgehead atoms. The number of benzene rings is 2. The van der Waals surface area contributed by atoms with Crippen molar-refractivity contribution in [2.45, 2.75) is 37.5 Å². The van der Waals surface area contributed by atoms with Gasteiger partial charge in [0.2, 0.25) is 0 Å². The van der Waals surface area contributed by atoms with Gasteiger partial charge in [-0.05, 0) is 48.7 Å². The van der Waals surface area contributed by atoms with E-state index >= 15 is 0 Å². The standard InChI is InChI=1S/C20H19BrF3NO2/c21-14-10-8-13(9-11-14)18(25-12-4-3-7-17(25)19(26)27)15-5-1-2-6-16(15)20(22,23)24/h1-2,5-6,8-11,17-18H,3-4,7,12H2,(H,26,27). The van der Waals surface area contributed by atoms with Crippen LogP contribution in [-0.2, 0) is 11.0 Å². The summed E-state index contributed by atoms with van der Waals surface area (Å²) in [6.07, 6.45) is -2.58. The van der Waals surface area contributed by atoms with Crippen LogP contribution in [-0.4, -0.2) is 28.6 Å². The van der Waals surface area contributed by atoms with Crippen LogP contribution >= 0.6 is 15.9 Å². The van der Waals surface area contributed by atoms with Crippen LogP contribution < -0.4 is 0 Å². The van der Waals surface area contributed by atoms with Gasteiger partial charge < -0.3 is 5.11 Å². The summed E-state index contributed by atoms with van der Waals surface area (Å²) in [6.45, 7) is 0.434. The molecule has 144 valence electrons. The Balaban J connectivity index is 2.17. The summed E-state index contributed by atoms with van der Waals surface area (Å²) < 4.78 is 41.8. The Morgan fingerprint density at radius 1 is 1.11 bits per heavy atom. The number of likely N-dealkylation sites (tertiary alicyclic amines) is 1. The largest absolute Gasteiger partial charge is 0.480 e. The van der Waals surface area contributed by atoms with Crippen LogP contribution in [0.5, 0.6) is 0 Å². The Morgan fingerprint density at radius 3 is 2.41 bits per heavy atom. The Kier molecular flexibility index (Phi) is 5.91. The van der Waals surface area contributed by atoms with E-state index in [4.69, 9.17) is 0 Å². The number of hydrogen-bond acceptors (Lipinski definition) is 2. The maximum Gasteiger partial charge on any atom is 0.416 e. The minimum atomic E-state index is -4.52. The van der Waals surface area contributed by atoms with E-state index in [9.17, 15) is 23.1 Å². The van der Waals surface area contributed by atoms with Gasteiger partial charge in [0.25, 0.3) is 0 Å². The quantitative estimate of drug-likeness (QED) is 0.681. The fraction of sp³-hybridized carbons (Fsp3) is 0.350. The first kappa shape index (κ1) is 19.9. The maximum atomic E-state index is 13.7. The smallest absolute Gasteiger partial charge is 0.416 e. The SMILES string of the molecule is O=C(O)C1CCCCN1C(c1ccc(Br)cc1)c1ccccc1C(F)(F)F. The summed E-state index contributed by atoms with van der Waals surface area (Å²) in [5.74, 6) is -0.999. The first-order valence-electron chi connectivity index (χ1n) is 8.69. The van der Waals surface area contributed by atoms with Crippen LogP contribution in [0.2, 0.25) is 0 Å². The lowest BCUT2D eigenvalue weighted by atomic mass is 9.89. The van der Waals surface area contributed by atoms with Crippen molar-refractivity contribution in [3.05, 3.63) is 69.7 Å². The molecule has 1 aliphatic heterocycles. The van der Waals surface area contributed by atoms with E-state index in [-0.39, 0.29) is 5.56 Å². The van der Waals surface area contributed by atoms with E-state index in [0.29, 0.717) is 18.5 Å². The molecule has 3 nitrogen and oxygen atoms in total. The highest BCUT2D eigenvalue weighted by molar-refractivity contribution is 9.10. The monoisotopic (exact) mass is 441 g/mol. The number of hydrogen-bond donors (Lipinski definition) is 1. The summed E-state index contributed by atoms with van der Waals surface area (Å²) in [5.41, 5.74) is -0.00356. The van der Waals surface area contributed by atoms with Crippen LogP contribution in [0.1, 0.15) is 42.0 Å². The second-order valence-corrected chi connectivity index (χ2v) is 7.54. The molecular weight excluding hydrogens is 423 g/mol. The predicted molar refractivity (Wildman–Crippen MR) is 99.4 cm³/mol. The molecule has 2 atom stereocenters. The van der Waals surface area contributed by atoms with Crippen LogP contribution in [0.15, 0.2) is 53.0 Å². The molecule has 0 aliphatic carbocycles. The number of carboxylic acid groups (broad SMARTS) is 1. The average Bonchev–Trinajstić information content (AvgIpc) is 2.63. The summed E-state index contributed by atoms with van der Waals surface area (Å²) in [4.78, 5) is 13.5. The lowest BCUT2D eigenvalue weighted by Gasteiger charge is -2.40. The van der Waals surface area contributed by atoms with Crippen molar-refractivity contribution in [3.63, 3.8) is 0 Å². The van der Waals surface area contributed by atoms with Gasteiger partial charge >= 0.3 is 12.1 Å². The van der Waals surface area contributed by atoms with Gasteiger partial charge in [-0.15, -0.1) is 0 Å². The van der Waals surface area contributed by atoms with Gasteiger partial charge in [-0.3, -0.25) is 9.69 Å². The molecule has 1 heterocycles. The van der Waals surface area contributed by atoms with Crippen LogP contribution in [0, 0.1) is 0 Å². The van der Waals surface area contributed by atoms with Gasteiger partial charge in [0.05, 0.1) is 11.6 Å². The summed E-state index contributed by atoms with van der Waals surface area (Å²) >= 11 is 3.34. The van der Waals surface area contributed by atoms with Crippen LogP contribution in [0.25, 0.3) is 0 Å². The zero-order chi connectivity index (χ0) is 19.6. The number of halogens is 4. The third-order valence-electron chi connectivity index (χ3n) is 4.91. The number of alkyl halides is 3. The van der Waals surface area contributed by atoms with Gasteiger partial charge in [-0.25, -0.2) is 0 Å². The van der Waals surface area contributed by atoms with Crippen molar-refractivity contribution in [1.29, 1.82) is 0 Å². The molecule has 0 saturated carbocycles. The highest BCUT2D eigenvalue weighted by Crippen LogP contribution is 2.41. The molecule has 0 spiro atoms. The van der Waals surface area contributed by atoms with Gasteiger partial charge in [-0.1, -0.05) is 52.7 Å². The number of nitrogens with zero attached hydrogens (tertiary/aromatic N) is 1. The zero-order valence-corrected chi connectivity index (χ0v) is 16.0. The summed E-state index contributed by atoms with van der Waals surface area (Å²) in [6, 6.07) is 10.9. The van der Waals surface area contributed by atoms with Crippen molar-refractivity contribution in [1.82, 2.24) is 4.90 Å². The first-order chi connectivity index (χ1) is 12.8. The number of carboxylic acids is 1. The molecule has 2 aromatic rings. The molecule has 7 heteroatoms. The molecule has 0 radical (unpaired) electrons. The summed E-state index contributed by atoms with van der Waals surface area (Å²) in [7, 11) is 0. The normalized spacial score (nSPS) is 19.6. The van der Waals surface area contributed by atoms with Crippen molar-refractivity contribution < 1.29 is 23.1 Å². The Bertz CT molecular complexity index is 808. The van der Waals surface area contributed by atoms with E-state index in [1.165, 1.54) is 12.1 Å². The highest BCUT2D eigenvalue weighted by atomic mass is 79.9. The van der Waals surface area contributed by atoms with Gasteiger partial charge in [-0.2, -0.15) is 13.2 Å². The first-order valence-corrected chi connectivity index (χ1v) is 9.48. The minimum Gasteiger partial charge on any atom is -0.480 e. The Morgan fingerprint density at radius 2 is 1.78 bits per heavy atom. The number of aliphatic carboxylic acids is 1. The molecule has 0 aromatic heterocycles. The topological polar surface area (TPSA) is 40.5 Å². The van der Waals surface area contributed by atoms with E-state index < -0.39 is 29.8 Å². The third kappa shape index (κ3) is 4.35. The van der Waals surface area contributed by atoms with Crippen LogP contribution in [0.4, 0.5) is 13.2 Å². The van der Waals surface area contributed by atoms with Gasteiger partial charge in [0.1, 0.15) is 6.04 Å². The molecule has 27 heavy (non-hydrogen) atoms. The molecule has 1 saturated heterocycles. The van der Waals surface area contributed by atoms with Crippen LogP contribution in [0.3, 0.4) is 0 Å². The predicted octanol–water partition coefficient (Wildman–Crippen LogP) is 5.50. The number of rotatable bonds is 4. The molecule has 2 unspecified atom stereocenters.